The smallest absolute Gasteiger partial charge is 0.254 e. The Hall–Kier alpha value is -2.22. The Morgan fingerprint density at radius 2 is 2.04 bits per heavy atom. The van der Waals surface area contributed by atoms with Gasteiger partial charge >= 0.3 is 0 Å². The fourth-order valence-corrected chi connectivity index (χ4v) is 3.80. The molecule has 25 heavy (non-hydrogen) atoms. The van der Waals surface area contributed by atoms with Gasteiger partial charge in [0.1, 0.15) is 12.1 Å². The number of fused-ring (bicyclic) bond motifs is 1. The number of ether oxygens (including phenoxy) is 1. The Kier molecular flexibility index (Phi) is 4.29. The number of rotatable bonds is 2. The van der Waals surface area contributed by atoms with Crippen LogP contribution in [0.4, 0.5) is 5.82 Å². The van der Waals surface area contributed by atoms with Gasteiger partial charge < -0.3 is 14.5 Å². The van der Waals surface area contributed by atoms with Crippen LogP contribution in [-0.4, -0.2) is 69.8 Å². The first-order valence-corrected chi connectivity index (χ1v) is 8.93. The zero-order valence-corrected chi connectivity index (χ0v) is 14.8. The summed E-state index contributed by atoms with van der Waals surface area (Å²) in [6, 6.07) is 0. The molecule has 0 aromatic carbocycles. The van der Waals surface area contributed by atoms with Gasteiger partial charge in [-0.1, -0.05) is 0 Å². The third-order valence-corrected chi connectivity index (χ3v) is 5.27. The lowest BCUT2D eigenvalue weighted by Crippen LogP contribution is -2.48. The van der Waals surface area contributed by atoms with Gasteiger partial charge in [0, 0.05) is 37.4 Å². The summed E-state index contributed by atoms with van der Waals surface area (Å²) >= 11 is 0. The summed E-state index contributed by atoms with van der Waals surface area (Å²) in [4.78, 5) is 25.8. The first-order chi connectivity index (χ1) is 12.1. The monoisotopic (exact) mass is 344 g/mol. The van der Waals surface area contributed by atoms with Crippen LogP contribution in [-0.2, 0) is 9.53 Å². The van der Waals surface area contributed by atoms with Crippen LogP contribution in [0.5, 0.6) is 0 Å². The zero-order valence-electron chi connectivity index (χ0n) is 14.8. The molecule has 1 atom stereocenters. The lowest BCUT2D eigenvalue weighted by Gasteiger charge is -2.37. The van der Waals surface area contributed by atoms with Crippen molar-refractivity contribution < 1.29 is 9.53 Å². The van der Waals surface area contributed by atoms with Crippen LogP contribution in [0, 0.1) is 19.8 Å². The van der Waals surface area contributed by atoms with Gasteiger partial charge in [-0.25, -0.2) is 4.98 Å². The van der Waals surface area contributed by atoms with Gasteiger partial charge in [-0.2, -0.15) is 14.6 Å². The molecule has 4 heterocycles. The molecule has 0 saturated carbocycles. The highest BCUT2D eigenvalue weighted by Gasteiger charge is 2.32. The van der Waals surface area contributed by atoms with Crippen LogP contribution >= 0.6 is 0 Å². The van der Waals surface area contributed by atoms with Crippen molar-refractivity contribution in [3.05, 3.63) is 17.6 Å². The van der Waals surface area contributed by atoms with Gasteiger partial charge in [0.05, 0.1) is 19.1 Å². The molecule has 2 aromatic heterocycles. The van der Waals surface area contributed by atoms with Gasteiger partial charge in [-0.3, -0.25) is 4.79 Å². The molecule has 2 fully saturated rings. The number of aryl methyl sites for hydroxylation is 1. The van der Waals surface area contributed by atoms with Gasteiger partial charge in [0.2, 0.25) is 5.91 Å². The summed E-state index contributed by atoms with van der Waals surface area (Å²) in [5.74, 6) is 1.91. The van der Waals surface area contributed by atoms with E-state index in [0.717, 1.165) is 43.0 Å². The van der Waals surface area contributed by atoms with E-state index in [1.54, 1.807) is 4.52 Å². The minimum absolute atomic E-state index is 0.0262. The largest absolute Gasteiger partial charge is 0.378 e. The number of carbonyl (C=O) groups excluding carboxylic acids is 1. The number of carbonyl (C=O) groups is 1. The van der Waals surface area contributed by atoms with Crippen LogP contribution in [0.25, 0.3) is 5.78 Å². The average molecular weight is 344 g/mol. The van der Waals surface area contributed by atoms with Gasteiger partial charge in [-0.05, 0) is 26.7 Å². The topological polar surface area (TPSA) is 75.9 Å². The molecule has 8 nitrogen and oxygen atoms in total. The number of nitrogens with zero attached hydrogens (tertiary/aromatic N) is 6. The zero-order chi connectivity index (χ0) is 17.4. The molecule has 2 aliphatic heterocycles. The molecule has 0 N–H and O–H groups in total. The van der Waals surface area contributed by atoms with Crippen molar-refractivity contribution in [3.63, 3.8) is 0 Å². The van der Waals surface area contributed by atoms with Crippen LogP contribution in [0.3, 0.4) is 0 Å². The molecule has 4 rings (SSSR count). The van der Waals surface area contributed by atoms with Crippen LogP contribution in [0.1, 0.15) is 24.1 Å². The molecule has 0 aliphatic carbocycles. The van der Waals surface area contributed by atoms with Gasteiger partial charge in [-0.15, -0.1) is 0 Å². The second-order valence-electron chi connectivity index (χ2n) is 6.84. The molecular weight excluding hydrogens is 320 g/mol. The Bertz CT molecular complexity index is 783. The van der Waals surface area contributed by atoms with Crippen molar-refractivity contribution in [2.45, 2.75) is 26.7 Å². The average Bonchev–Trinajstić information content (AvgIpc) is 3.10. The van der Waals surface area contributed by atoms with E-state index in [0.29, 0.717) is 32.1 Å². The highest BCUT2D eigenvalue weighted by Crippen LogP contribution is 2.28. The molecule has 8 heteroatoms. The van der Waals surface area contributed by atoms with Crippen molar-refractivity contribution in [2.24, 2.45) is 5.92 Å². The Balaban J connectivity index is 1.60. The van der Waals surface area contributed by atoms with Crippen molar-refractivity contribution in [1.82, 2.24) is 24.5 Å². The molecule has 0 spiro atoms. The van der Waals surface area contributed by atoms with Crippen molar-refractivity contribution in [3.8, 4) is 0 Å². The molecule has 2 saturated heterocycles. The molecule has 2 aromatic rings. The summed E-state index contributed by atoms with van der Waals surface area (Å²) < 4.78 is 7.16. The number of hydrogen-bond acceptors (Lipinski definition) is 6. The Morgan fingerprint density at radius 1 is 1.24 bits per heavy atom. The van der Waals surface area contributed by atoms with E-state index in [1.165, 1.54) is 6.33 Å². The van der Waals surface area contributed by atoms with Crippen LogP contribution < -0.4 is 4.90 Å². The lowest BCUT2D eigenvalue weighted by molar-refractivity contribution is -0.139. The summed E-state index contributed by atoms with van der Waals surface area (Å²) in [7, 11) is 0. The Labute approximate surface area is 146 Å². The SMILES string of the molecule is Cc1nc2ncnn2c(N2CCC[C@@H](C(=O)N3CCOCC3)C2)c1C. The predicted molar refractivity (Wildman–Crippen MR) is 92.6 cm³/mol. The standard InChI is InChI=1S/C17H24N6O2/c1-12-13(2)20-17-18-11-19-23(17)15(12)22-5-3-4-14(10-22)16(24)21-6-8-25-9-7-21/h11,14H,3-10H2,1-2H3/t14-/m1/s1. The van der Waals surface area contributed by atoms with E-state index in [1.807, 2.05) is 11.8 Å². The molecule has 134 valence electrons. The summed E-state index contributed by atoms with van der Waals surface area (Å²) in [5, 5.41) is 4.35. The molecule has 2 aliphatic rings. The fraction of sp³-hybridized carbons (Fsp3) is 0.647. The maximum Gasteiger partial charge on any atom is 0.254 e. The number of amides is 1. The second kappa shape index (κ2) is 6.59. The summed E-state index contributed by atoms with van der Waals surface area (Å²) in [6.45, 7) is 8.39. The highest BCUT2D eigenvalue weighted by atomic mass is 16.5. The highest BCUT2D eigenvalue weighted by molar-refractivity contribution is 5.80. The number of morpholine rings is 1. The molecular formula is C17H24N6O2. The first-order valence-electron chi connectivity index (χ1n) is 8.93. The quantitative estimate of drug-likeness (QED) is 0.803. The third-order valence-electron chi connectivity index (χ3n) is 5.27. The molecule has 0 bridgehead atoms. The fourth-order valence-electron chi connectivity index (χ4n) is 3.80. The normalized spacial score (nSPS) is 21.8. The predicted octanol–water partition coefficient (Wildman–Crippen LogP) is 0.816. The second-order valence-corrected chi connectivity index (χ2v) is 6.84. The number of piperidine rings is 1. The molecule has 0 unspecified atom stereocenters. The minimum atomic E-state index is 0.0262. The molecule has 1 amide bonds. The number of hydrogen-bond donors (Lipinski definition) is 0. The van der Waals surface area contributed by atoms with E-state index in [-0.39, 0.29) is 11.8 Å². The van der Waals surface area contributed by atoms with Crippen molar-refractivity contribution in [1.29, 1.82) is 0 Å². The number of anilines is 1. The van der Waals surface area contributed by atoms with Crippen molar-refractivity contribution >= 4 is 17.5 Å². The van der Waals surface area contributed by atoms with Crippen LogP contribution in [0.2, 0.25) is 0 Å². The number of aromatic nitrogens is 4. The Morgan fingerprint density at radius 3 is 2.84 bits per heavy atom. The van der Waals surface area contributed by atoms with E-state index in [4.69, 9.17) is 4.74 Å². The first kappa shape index (κ1) is 16.3. The van der Waals surface area contributed by atoms with E-state index >= 15 is 0 Å². The maximum atomic E-state index is 12.9. The van der Waals surface area contributed by atoms with E-state index in [2.05, 4.69) is 26.9 Å². The van der Waals surface area contributed by atoms with Crippen molar-refractivity contribution in [2.75, 3.05) is 44.3 Å². The van der Waals surface area contributed by atoms with Gasteiger partial charge in [0.25, 0.3) is 5.78 Å². The minimum Gasteiger partial charge on any atom is -0.378 e. The molecule has 0 radical (unpaired) electrons. The van der Waals surface area contributed by atoms with E-state index < -0.39 is 0 Å². The third kappa shape index (κ3) is 2.95. The summed E-state index contributed by atoms with van der Waals surface area (Å²) in [6.07, 6.45) is 3.47. The maximum absolute atomic E-state index is 12.9. The van der Waals surface area contributed by atoms with E-state index in [9.17, 15) is 4.79 Å². The lowest BCUT2D eigenvalue weighted by atomic mass is 9.96. The van der Waals surface area contributed by atoms with Gasteiger partial charge in [0.15, 0.2) is 0 Å². The van der Waals surface area contributed by atoms with Crippen LogP contribution in [0.15, 0.2) is 6.33 Å². The summed E-state index contributed by atoms with van der Waals surface area (Å²) in [5.41, 5.74) is 2.05.